The van der Waals surface area contributed by atoms with Crippen molar-refractivity contribution in [2.75, 3.05) is 0 Å². The first-order chi connectivity index (χ1) is 9.26. The van der Waals surface area contributed by atoms with Gasteiger partial charge in [0.15, 0.2) is 0 Å². The van der Waals surface area contributed by atoms with Gasteiger partial charge in [-0.25, -0.2) is 4.79 Å². The first-order valence-corrected chi connectivity index (χ1v) is 6.99. The van der Waals surface area contributed by atoms with E-state index in [4.69, 9.17) is 9.47 Å². The van der Waals surface area contributed by atoms with Crippen molar-refractivity contribution in [3.63, 3.8) is 0 Å². The SMILES string of the molecule is CC1(C)CC(OC(=O)Oc2ccccc2)CC(C)(C)N1. The third-order valence-electron chi connectivity index (χ3n) is 3.36. The molecule has 2 rings (SSSR count). The summed E-state index contributed by atoms with van der Waals surface area (Å²) in [4.78, 5) is 11.8. The molecule has 0 saturated carbocycles. The van der Waals surface area contributed by atoms with Crippen LogP contribution in [0.15, 0.2) is 30.3 Å². The molecule has 110 valence electrons. The van der Waals surface area contributed by atoms with Crippen LogP contribution < -0.4 is 10.1 Å². The lowest BCUT2D eigenvalue weighted by Gasteiger charge is -2.45. The predicted molar refractivity (Wildman–Crippen MR) is 77.9 cm³/mol. The van der Waals surface area contributed by atoms with Gasteiger partial charge in [0.05, 0.1) is 0 Å². The summed E-state index contributed by atoms with van der Waals surface area (Å²) in [6, 6.07) is 8.98. The van der Waals surface area contributed by atoms with Gasteiger partial charge in [0.2, 0.25) is 0 Å². The fraction of sp³-hybridized carbons (Fsp3) is 0.562. The normalized spacial score (nSPS) is 21.2. The standard InChI is InChI=1S/C16H23NO3/c1-15(2)10-13(11-16(3,4)17-15)20-14(18)19-12-8-6-5-7-9-12/h5-9,13,17H,10-11H2,1-4H3. The van der Waals surface area contributed by atoms with Crippen LogP contribution in [-0.2, 0) is 4.74 Å². The highest BCUT2D eigenvalue weighted by Crippen LogP contribution is 2.30. The number of benzene rings is 1. The lowest BCUT2D eigenvalue weighted by Crippen LogP contribution is -2.59. The number of para-hydroxylation sites is 1. The molecule has 0 aromatic heterocycles. The van der Waals surface area contributed by atoms with Gasteiger partial charge in [0, 0.05) is 23.9 Å². The van der Waals surface area contributed by atoms with E-state index < -0.39 is 6.16 Å². The topological polar surface area (TPSA) is 47.6 Å². The molecule has 1 aliphatic heterocycles. The minimum absolute atomic E-state index is 0.0561. The number of rotatable bonds is 2. The Morgan fingerprint density at radius 1 is 1.10 bits per heavy atom. The molecule has 0 radical (unpaired) electrons. The van der Waals surface area contributed by atoms with Gasteiger partial charge in [0.25, 0.3) is 0 Å². The maximum Gasteiger partial charge on any atom is 0.514 e. The molecule has 4 heteroatoms. The van der Waals surface area contributed by atoms with Crippen LogP contribution in [0.2, 0.25) is 0 Å². The Labute approximate surface area is 120 Å². The summed E-state index contributed by atoms with van der Waals surface area (Å²) in [6.45, 7) is 8.47. The molecular weight excluding hydrogens is 254 g/mol. The van der Waals surface area contributed by atoms with E-state index >= 15 is 0 Å². The molecule has 1 aliphatic rings. The van der Waals surface area contributed by atoms with E-state index in [1.165, 1.54) is 0 Å². The molecule has 1 heterocycles. The zero-order valence-electron chi connectivity index (χ0n) is 12.6. The number of nitrogens with one attached hydrogen (secondary N) is 1. The van der Waals surface area contributed by atoms with Crippen molar-refractivity contribution in [3.8, 4) is 5.75 Å². The predicted octanol–water partition coefficient (Wildman–Crippen LogP) is 3.51. The number of ether oxygens (including phenoxy) is 2. The van der Waals surface area contributed by atoms with E-state index in [9.17, 15) is 4.79 Å². The Kier molecular flexibility index (Phi) is 4.04. The van der Waals surface area contributed by atoms with Crippen molar-refractivity contribution < 1.29 is 14.3 Å². The van der Waals surface area contributed by atoms with Crippen molar-refractivity contribution >= 4 is 6.16 Å². The second-order valence-electron chi connectivity index (χ2n) is 6.71. The van der Waals surface area contributed by atoms with Crippen molar-refractivity contribution in [2.45, 2.75) is 57.7 Å². The summed E-state index contributed by atoms with van der Waals surface area (Å²) in [5.74, 6) is 0.505. The summed E-state index contributed by atoms with van der Waals surface area (Å²) in [5, 5.41) is 3.55. The van der Waals surface area contributed by atoms with Crippen LogP contribution in [0.5, 0.6) is 5.75 Å². The van der Waals surface area contributed by atoms with Gasteiger partial charge in [-0.05, 0) is 39.8 Å². The number of hydrogen-bond donors (Lipinski definition) is 1. The summed E-state index contributed by atoms with van der Waals surface area (Å²) in [7, 11) is 0. The number of carbonyl (C=O) groups is 1. The van der Waals surface area contributed by atoms with Crippen molar-refractivity contribution in [1.82, 2.24) is 5.32 Å². The van der Waals surface area contributed by atoms with Crippen molar-refractivity contribution in [2.24, 2.45) is 0 Å². The average Bonchev–Trinajstić information content (AvgIpc) is 2.25. The van der Waals surface area contributed by atoms with Gasteiger partial charge in [0.1, 0.15) is 11.9 Å². The maximum atomic E-state index is 11.8. The van der Waals surface area contributed by atoms with Gasteiger partial charge in [-0.2, -0.15) is 0 Å². The highest BCUT2D eigenvalue weighted by Gasteiger charge is 2.39. The first kappa shape index (κ1) is 14.9. The second-order valence-corrected chi connectivity index (χ2v) is 6.71. The van der Waals surface area contributed by atoms with Crippen molar-refractivity contribution in [1.29, 1.82) is 0 Å². The van der Waals surface area contributed by atoms with E-state index in [2.05, 4.69) is 33.0 Å². The van der Waals surface area contributed by atoms with Gasteiger partial charge >= 0.3 is 6.16 Å². The smallest absolute Gasteiger partial charge is 0.431 e. The highest BCUT2D eigenvalue weighted by atomic mass is 16.7. The largest absolute Gasteiger partial charge is 0.514 e. The molecule has 1 N–H and O–H groups in total. The zero-order valence-corrected chi connectivity index (χ0v) is 12.6. The first-order valence-electron chi connectivity index (χ1n) is 6.99. The maximum absolute atomic E-state index is 11.8. The average molecular weight is 277 g/mol. The Balaban J connectivity index is 1.94. The minimum Gasteiger partial charge on any atom is -0.431 e. The van der Waals surface area contributed by atoms with E-state index in [0.717, 1.165) is 12.8 Å². The fourth-order valence-electron chi connectivity index (χ4n) is 3.06. The lowest BCUT2D eigenvalue weighted by atomic mass is 9.81. The number of carbonyl (C=O) groups excluding carboxylic acids is 1. The van der Waals surface area contributed by atoms with Crippen LogP contribution in [0.1, 0.15) is 40.5 Å². The van der Waals surface area contributed by atoms with Crippen LogP contribution >= 0.6 is 0 Å². The molecule has 0 spiro atoms. The molecule has 0 amide bonds. The molecule has 20 heavy (non-hydrogen) atoms. The van der Waals surface area contributed by atoms with Crippen LogP contribution in [0.3, 0.4) is 0 Å². The van der Waals surface area contributed by atoms with Gasteiger partial charge in [-0.1, -0.05) is 18.2 Å². The molecule has 0 atom stereocenters. The molecule has 0 bridgehead atoms. The van der Waals surface area contributed by atoms with Crippen LogP contribution in [-0.4, -0.2) is 23.3 Å². The molecule has 0 unspecified atom stereocenters. The molecule has 1 aromatic carbocycles. The molecule has 4 nitrogen and oxygen atoms in total. The molecule has 1 aromatic rings. The van der Waals surface area contributed by atoms with Gasteiger partial charge in [-0.15, -0.1) is 0 Å². The second kappa shape index (κ2) is 5.44. The summed E-state index contributed by atoms with van der Waals surface area (Å²) in [5.41, 5.74) is -0.112. The molecule has 0 aliphatic carbocycles. The van der Waals surface area contributed by atoms with Crippen LogP contribution in [0.4, 0.5) is 4.79 Å². The molecule has 1 saturated heterocycles. The van der Waals surface area contributed by atoms with Gasteiger partial charge in [-0.3, -0.25) is 0 Å². The van der Waals surface area contributed by atoms with Crippen molar-refractivity contribution in [3.05, 3.63) is 30.3 Å². The Morgan fingerprint density at radius 2 is 1.65 bits per heavy atom. The Hall–Kier alpha value is -1.55. The number of hydrogen-bond acceptors (Lipinski definition) is 4. The van der Waals surface area contributed by atoms with Crippen LogP contribution in [0.25, 0.3) is 0 Å². The Morgan fingerprint density at radius 3 is 2.20 bits per heavy atom. The summed E-state index contributed by atoms with van der Waals surface area (Å²) in [6.07, 6.45) is 0.799. The number of piperidine rings is 1. The molecule has 1 fully saturated rings. The van der Waals surface area contributed by atoms with E-state index in [1.807, 2.05) is 18.2 Å². The van der Waals surface area contributed by atoms with Crippen LogP contribution in [0, 0.1) is 0 Å². The summed E-state index contributed by atoms with van der Waals surface area (Å²) >= 11 is 0. The Bertz CT molecular complexity index is 452. The summed E-state index contributed by atoms with van der Waals surface area (Å²) < 4.78 is 10.6. The zero-order chi connectivity index (χ0) is 14.8. The third kappa shape index (κ3) is 4.23. The van der Waals surface area contributed by atoms with E-state index in [-0.39, 0.29) is 17.2 Å². The monoisotopic (exact) mass is 277 g/mol. The molecular formula is C16H23NO3. The third-order valence-corrected chi connectivity index (χ3v) is 3.36. The highest BCUT2D eigenvalue weighted by molar-refractivity contribution is 5.64. The fourth-order valence-corrected chi connectivity index (χ4v) is 3.06. The van der Waals surface area contributed by atoms with Gasteiger partial charge < -0.3 is 14.8 Å². The van der Waals surface area contributed by atoms with E-state index in [1.54, 1.807) is 12.1 Å². The van der Waals surface area contributed by atoms with E-state index in [0.29, 0.717) is 5.75 Å². The quantitative estimate of drug-likeness (QED) is 0.664. The lowest BCUT2D eigenvalue weighted by molar-refractivity contribution is -0.000316. The minimum atomic E-state index is -0.630.